The summed E-state index contributed by atoms with van der Waals surface area (Å²) >= 11 is 6.10. The van der Waals surface area contributed by atoms with Crippen LogP contribution in [-0.2, 0) is 22.7 Å². The third-order valence-corrected chi connectivity index (χ3v) is 4.34. The molecule has 9 heteroatoms. The summed E-state index contributed by atoms with van der Waals surface area (Å²) in [4.78, 5) is 36.8. The van der Waals surface area contributed by atoms with Crippen molar-refractivity contribution in [3.8, 4) is 0 Å². The molecule has 0 aromatic heterocycles. The van der Waals surface area contributed by atoms with Crippen LogP contribution in [0.3, 0.4) is 0 Å². The molecule has 0 saturated carbocycles. The van der Waals surface area contributed by atoms with Gasteiger partial charge in [0.1, 0.15) is 11.9 Å². The van der Waals surface area contributed by atoms with Crippen LogP contribution in [0.25, 0.3) is 0 Å². The molecule has 23 heavy (non-hydrogen) atoms. The van der Waals surface area contributed by atoms with Gasteiger partial charge in [0.05, 0.1) is 5.56 Å². The van der Waals surface area contributed by atoms with Gasteiger partial charge in [-0.15, -0.1) is 12.4 Å². The van der Waals surface area contributed by atoms with Gasteiger partial charge in [-0.05, 0) is 12.5 Å². The van der Waals surface area contributed by atoms with Gasteiger partial charge in [0.15, 0.2) is 0 Å². The van der Waals surface area contributed by atoms with Gasteiger partial charge in [0.2, 0.25) is 11.8 Å². The third kappa shape index (κ3) is 2.80. The SMILES string of the molecule is Cl.NCc1cc(Cl)c2c(c1F)C(=O)N(C1CCC(=O)NC1=O)C2. The Kier molecular flexibility index (Phi) is 4.93. The molecule has 1 fully saturated rings. The van der Waals surface area contributed by atoms with E-state index in [9.17, 15) is 18.8 Å². The zero-order chi connectivity index (χ0) is 16.0. The van der Waals surface area contributed by atoms with Crippen LogP contribution in [-0.4, -0.2) is 28.7 Å². The predicted molar refractivity (Wildman–Crippen MR) is 82.6 cm³/mol. The Morgan fingerprint density at radius 1 is 1.39 bits per heavy atom. The van der Waals surface area contributed by atoms with E-state index >= 15 is 0 Å². The zero-order valence-corrected chi connectivity index (χ0v) is 13.5. The van der Waals surface area contributed by atoms with Crippen molar-refractivity contribution >= 4 is 41.7 Å². The summed E-state index contributed by atoms with van der Waals surface area (Å²) < 4.78 is 14.4. The molecule has 2 heterocycles. The summed E-state index contributed by atoms with van der Waals surface area (Å²) in [5.41, 5.74) is 5.83. The molecule has 3 rings (SSSR count). The first-order valence-electron chi connectivity index (χ1n) is 6.78. The molecule has 0 radical (unpaired) electrons. The van der Waals surface area contributed by atoms with E-state index in [1.54, 1.807) is 0 Å². The standard InChI is InChI=1S/C14H13ClFN3O3.ClH/c15-8-3-6(4-17)12(16)11-7(8)5-19(14(11)22)9-1-2-10(20)18-13(9)21;/h3,9H,1-2,4-5,17H2,(H,18,20,21);1H. The molecule has 1 unspecified atom stereocenters. The van der Waals surface area contributed by atoms with Crippen molar-refractivity contribution in [3.05, 3.63) is 33.6 Å². The third-order valence-electron chi connectivity index (χ3n) is 4.00. The Bertz CT molecular complexity index is 711. The summed E-state index contributed by atoms with van der Waals surface area (Å²) in [6, 6.07) is 0.603. The summed E-state index contributed by atoms with van der Waals surface area (Å²) in [6.45, 7) is -0.0361. The Balaban J connectivity index is 0.00000192. The van der Waals surface area contributed by atoms with Crippen LogP contribution in [0.4, 0.5) is 4.39 Å². The number of fused-ring (bicyclic) bond motifs is 1. The molecule has 1 saturated heterocycles. The molecule has 1 aromatic carbocycles. The maximum Gasteiger partial charge on any atom is 0.258 e. The van der Waals surface area contributed by atoms with Crippen molar-refractivity contribution in [2.24, 2.45) is 5.73 Å². The number of piperidine rings is 1. The second-order valence-corrected chi connectivity index (χ2v) is 5.70. The highest BCUT2D eigenvalue weighted by Gasteiger charge is 2.41. The fraction of sp³-hybridized carbons (Fsp3) is 0.357. The molecule has 6 nitrogen and oxygen atoms in total. The first-order valence-corrected chi connectivity index (χ1v) is 7.16. The molecule has 1 atom stereocenters. The zero-order valence-electron chi connectivity index (χ0n) is 11.9. The van der Waals surface area contributed by atoms with Gasteiger partial charge in [-0.1, -0.05) is 11.6 Å². The smallest absolute Gasteiger partial charge is 0.258 e. The van der Waals surface area contributed by atoms with E-state index in [1.165, 1.54) is 11.0 Å². The van der Waals surface area contributed by atoms with Crippen LogP contribution in [0, 0.1) is 5.82 Å². The van der Waals surface area contributed by atoms with Crippen molar-refractivity contribution in [3.63, 3.8) is 0 Å². The topological polar surface area (TPSA) is 92.5 Å². The number of hydrogen-bond donors (Lipinski definition) is 2. The van der Waals surface area contributed by atoms with Gasteiger partial charge in [-0.25, -0.2) is 4.39 Å². The second kappa shape index (κ2) is 6.43. The number of carbonyl (C=O) groups excluding carboxylic acids is 3. The second-order valence-electron chi connectivity index (χ2n) is 5.29. The number of rotatable bonds is 2. The molecule has 0 aliphatic carbocycles. The Labute approximate surface area is 142 Å². The first kappa shape index (κ1) is 17.7. The highest BCUT2D eigenvalue weighted by atomic mass is 35.5. The summed E-state index contributed by atoms with van der Waals surface area (Å²) in [7, 11) is 0. The molecule has 124 valence electrons. The van der Waals surface area contributed by atoms with Gasteiger partial charge in [-0.2, -0.15) is 0 Å². The van der Waals surface area contributed by atoms with Crippen LogP contribution >= 0.6 is 24.0 Å². The fourth-order valence-corrected chi connectivity index (χ4v) is 3.14. The van der Waals surface area contributed by atoms with E-state index in [-0.39, 0.29) is 60.4 Å². The van der Waals surface area contributed by atoms with Crippen molar-refractivity contribution in [1.29, 1.82) is 0 Å². The summed E-state index contributed by atoms with van der Waals surface area (Å²) in [5, 5.41) is 2.44. The Morgan fingerprint density at radius 3 is 2.70 bits per heavy atom. The molecule has 0 spiro atoms. The number of nitrogens with two attached hydrogens (primary N) is 1. The van der Waals surface area contributed by atoms with Crippen molar-refractivity contribution < 1.29 is 18.8 Å². The normalized spacial score (nSPS) is 20.2. The molecule has 2 aliphatic rings. The van der Waals surface area contributed by atoms with E-state index in [0.717, 1.165) is 0 Å². The maximum absolute atomic E-state index is 14.4. The van der Waals surface area contributed by atoms with Crippen LogP contribution in [0.15, 0.2) is 6.07 Å². The van der Waals surface area contributed by atoms with Crippen LogP contribution in [0.1, 0.15) is 34.3 Å². The molecule has 0 bridgehead atoms. The molecule has 3 amide bonds. The molecule has 1 aromatic rings. The van der Waals surface area contributed by atoms with E-state index in [4.69, 9.17) is 17.3 Å². The lowest BCUT2D eigenvalue weighted by molar-refractivity contribution is -0.136. The largest absolute Gasteiger partial charge is 0.326 e. The average Bonchev–Trinajstić information content (AvgIpc) is 2.81. The molecule has 3 N–H and O–H groups in total. The number of nitrogens with one attached hydrogen (secondary N) is 1. The van der Waals surface area contributed by atoms with Crippen LogP contribution < -0.4 is 11.1 Å². The maximum atomic E-state index is 14.4. The number of amides is 3. The Morgan fingerprint density at radius 2 is 2.09 bits per heavy atom. The van der Waals surface area contributed by atoms with Gasteiger partial charge < -0.3 is 10.6 Å². The van der Waals surface area contributed by atoms with Crippen LogP contribution in [0.5, 0.6) is 0 Å². The Hall–Kier alpha value is -1.70. The van der Waals surface area contributed by atoms with E-state index in [2.05, 4.69) is 5.32 Å². The highest BCUT2D eigenvalue weighted by molar-refractivity contribution is 6.32. The molecular formula is C14H14Cl2FN3O3. The number of halogens is 3. The fourth-order valence-electron chi connectivity index (χ4n) is 2.86. The van der Waals surface area contributed by atoms with Gasteiger partial charge in [-0.3, -0.25) is 19.7 Å². The van der Waals surface area contributed by atoms with Crippen LogP contribution in [0.2, 0.25) is 5.02 Å². The highest BCUT2D eigenvalue weighted by Crippen LogP contribution is 2.35. The van der Waals surface area contributed by atoms with Crippen molar-refractivity contribution in [1.82, 2.24) is 10.2 Å². The number of nitrogens with zero attached hydrogens (tertiary/aromatic N) is 1. The van der Waals surface area contributed by atoms with Crippen molar-refractivity contribution in [2.45, 2.75) is 32.0 Å². The predicted octanol–water partition coefficient (Wildman–Crippen LogP) is 1.12. The minimum Gasteiger partial charge on any atom is -0.326 e. The lowest BCUT2D eigenvalue weighted by atomic mass is 10.0. The minimum absolute atomic E-state index is 0. The van der Waals surface area contributed by atoms with Gasteiger partial charge in [0, 0.05) is 35.7 Å². The number of benzene rings is 1. The first-order chi connectivity index (χ1) is 10.4. The molecule has 2 aliphatic heterocycles. The van der Waals surface area contributed by atoms with E-state index < -0.39 is 23.7 Å². The summed E-state index contributed by atoms with van der Waals surface area (Å²) in [5.74, 6) is -2.21. The lowest BCUT2D eigenvalue weighted by Crippen LogP contribution is -2.52. The summed E-state index contributed by atoms with van der Waals surface area (Å²) in [6.07, 6.45) is 0.355. The average molecular weight is 362 g/mol. The van der Waals surface area contributed by atoms with Gasteiger partial charge in [0.25, 0.3) is 5.91 Å². The number of hydrogen-bond acceptors (Lipinski definition) is 4. The quantitative estimate of drug-likeness (QED) is 0.772. The van der Waals surface area contributed by atoms with E-state index in [0.29, 0.717) is 5.56 Å². The van der Waals surface area contributed by atoms with E-state index in [1.807, 2.05) is 0 Å². The number of imide groups is 1. The minimum atomic E-state index is -0.797. The lowest BCUT2D eigenvalue weighted by Gasteiger charge is -2.29. The van der Waals surface area contributed by atoms with Crippen molar-refractivity contribution in [2.75, 3.05) is 0 Å². The number of carbonyl (C=O) groups is 3. The molecular weight excluding hydrogens is 348 g/mol. The monoisotopic (exact) mass is 361 g/mol. The van der Waals surface area contributed by atoms with Gasteiger partial charge >= 0.3 is 0 Å².